The van der Waals surface area contributed by atoms with Crippen LogP contribution < -0.4 is 5.32 Å². The van der Waals surface area contributed by atoms with Crippen molar-refractivity contribution in [2.45, 2.75) is 38.4 Å². The molecule has 0 aliphatic heterocycles. The van der Waals surface area contributed by atoms with Gasteiger partial charge in [0.15, 0.2) is 0 Å². The summed E-state index contributed by atoms with van der Waals surface area (Å²) in [5.41, 5.74) is 0. The van der Waals surface area contributed by atoms with E-state index in [1.165, 1.54) is 12.8 Å². The Balaban J connectivity index is 1.78. The van der Waals surface area contributed by atoms with Gasteiger partial charge in [0.05, 0.1) is 6.54 Å². The Hall–Kier alpha value is -0.940. The highest BCUT2D eigenvalue weighted by Gasteiger charge is 2.20. The fourth-order valence-electron chi connectivity index (χ4n) is 1.49. The van der Waals surface area contributed by atoms with Crippen LogP contribution in [0.15, 0.2) is 6.33 Å². The van der Waals surface area contributed by atoms with Gasteiger partial charge in [0.2, 0.25) is 0 Å². The summed E-state index contributed by atoms with van der Waals surface area (Å²) in [5.74, 6) is 1.03. The molecular formula is C10H18N4O. The van der Waals surface area contributed by atoms with Gasteiger partial charge < -0.3 is 10.1 Å². The molecule has 84 valence electrons. The molecule has 1 fully saturated rings. The highest BCUT2D eigenvalue weighted by atomic mass is 16.5. The molecule has 0 unspecified atom stereocenters. The zero-order valence-corrected chi connectivity index (χ0v) is 9.15. The molecule has 5 heteroatoms. The first-order valence-electron chi connectivity index (χ1n) is 5.49. The molecule has 1 saturated carbocycles. The van der Waals surface area contributed by atoms with Gasteiger partial charge in [-0.1, -0.05) is 0 Å². The first-order valence-corrected chi connectivity index (χ1v) is 5.49. The standard InChI is InChI=1S/C10H18N4O/c1-15-6-2-5-14-10(12-8-13-14)7-11-9-3-4-9/h8-9,11H,2-7H2,1H3. The van der Waals surface area contributed by atoms with E-state index >= 15 is 0 Å². The second-order valence-corrected chi connectivity index (χ2v) is 3.90. The van der Waals surface area contributed by atoms with Crippen molar-refractivity contribution in [1.29, 1.82) is 0 Å². The van der Waals surface area contributed by atoms with Gasteiger partial charge in [-0.05, 0) is 19.3 Å². The summed E-state index contributed by atoms with van der Waals surface area (Å²) < 4.78 is 6.96. The molecule has 0 saturated heterocycles. The second kappa shape index (κ2) is 5.23. The van der Waals surface area contributed by atoms with Crippen LogP contribution in [0.4, 0.5) is 0 Å². The highest BCUT2D eigenvalue weighted by molar-refractivity contribution is 4.88. The minimum atomic E-state index is 0.717. The third-order valence-electron chi connectivity index (χ3n) is 2.54. The molecule has 1 aliphatic carbocycles. The molecular weight excluding hydrogens is 192 g/mol. The minimum absolute atomic E-state index is 0.717. The zero-order chi connectivity index (χ0) is 10.5. The van der Waals surface area contributed by atoms with E-state index in [4.69, 9.17) is 4.74 Å². The summed E-state index contributed by atoms with van der Waals surface area (Å²) in [4.78, 5) is 4.24. The second-order valence-electron chi connectivity index (χ2n) is 3.90. The lowest BCUT2D eigenvalue weighted by molar-refractivity contribution is 0.188. The number of nitrogens with one attached hydrogen (secondary N) is 1. The quantitative estimate of drug-likeness (QED) is 0.668. The minimum Gasteiger partial charge on any atom is -0.385 e. The molecule has 5 nitrogen and oxygen atoms in total. The van der Waals surface area contributed by atoms with E-state index in [2.05, 4.69) is 15.4 Å². The predicted molar refractivity (Wildman–Crippen MR) is 56.4 cm³/mol. The molecule has 15 heavy (non-hydrogen) atoms. The Morgan fingerprint density at radius 1 is 1.60 bits per heavy atom. The van der Waals surface area contributed by atoms with Crippen LogP contribution in [0, 0.1) is 0 Å². The van der Waals surface area contributed by atoms with E-state index in [-0.39, 0.29) is 0 Å². The Bertz CT molecular complexity index is 295. The van der Waals surface area contributed by atoms with Gasteiger partial charge in [0.1, 0.15) is 12.2 Å². The predicted octanol–water partition coefficient (Wildman–Crippen LogP) is 0.567. The Morgan fingerprint density at radius 3 is 3.20 bits per heavy atom. The number of hydrogen-bond donors (Lipinski definition) is 1. The van der Waals surface area contributed by atoms with E-state index in [0.717, 1.165) is 31.9 Å². The van der Waals surface area contributed by atoms with Crippen LogP contribution in [0.2, 0.25) is 0 Å². The molecule has 1 aromatic rings. The van der Waals surface area contributed by atoms with Gasteiger partial charge in [-0.25, -0.2) is 9.67 Å². The molecule has 1 aromatic heterocycles. The summed E-state index contributed by atoms with van der Waals surface area (Å²) in [6, 6.07) is 0.717. The number of ether oxygens (including phenoxy) is 1. The van der Waals surface area contributed by atoms with Crippen molar-refractivity contribution in [1.82, 2.24) is 20.1 Å². The van der Waals surface area contributed by atoms with Gasteiger partial charge >= 0.3 is 0 Å². The van der Waals surface area contributed by atoms with E-state index < -0.39 is 0 Å². The van der Waals surface area contributed by atoms with Crippen molar-refractivity contribution in [2.75, 3.05) is 13.7 Å². The summed E-state index contributed by atoms with van der Waals surface area (Å²) in [5, 5.41) is 7.63. The number of nitrogens with zero attached hydrogens (tertiary/aromatic N) is 3. The monoisotopic (exact) mass is 210 g/mol. The molecule has 1 heterocycles. The Kier molecular flexibility index (Phi) is 3.69. The molecule has 1 N–H and O–H groups in total. The molecule has 0 amide bonds. The number of rotatable bonds is 7. The van der Waals surface area contributed by atoms with Crippen molar-refractivity contribution in [3.05, 3.63) is 12.2 Å². The van der Waals surface area contributed by atoms with Gasteiger partial charge in [-0.15, -0.1) is 0 Å². The maximum atomic E-state index is 5.01. The van der Waals surface area contributed by atoms with Crippen molar-refractivity contribution in [3.8, 4) is 0 Å². The van der Waals surface area contributed by atoms with Crippen molar-refractivity contribution < 1.29 is 4.74 Å². The lowest BCUT2D eigenvalue weighted by atomic mass is 10.4. The molecule has 0 spiro atoms. The van der Waals surface area contributed by atoms with Crippen LogP contribution in [0.25, 0.3) is 0 Å². The lowest BCUT2D eigenvalue weighted by Gasteiger charge is -2.06. The van der Waals surface area contributed by atoms with Crippen molar-refractivity contribution >= 4 is 0 Å². The number of aryl methyl sites for hydroxylation is 1. The van der Waals surface area contributed by atoms with Gasteiger partial charge in [0.25, 0.3) is 0 Å². The summed E-state index contributed by atoms with van der Waals surface area (Å²) in [6.45, 7) is 2.49. The Labute approximate surface area is 89.8 Å². The third-order valence-corrected chi connectivity index (χ3v) is 2.54. The molecule has 0 atom stereocenters. The van der Waals surface area contributed by atoms with Gasteiger partial charge in [-0.2, -0.15) is 5.10 Å². The largest absolute Gasteiger partial charge is 0.385 e. The average molecular weight is 210 g/mol. The van der Waals surface area contributed by atoms with E-state index in [1.54, 1.807) is 13.4 Å². The fourth-order valence-corrected chi connectivity index (χ4v) is 1.49. The normalized spacial score (nSPS) is 15.8. The maximum Gasteiger partial charge on any atom is 0.140 e. The SMILES string of the molecule is COCCCn1ncnc1CNC1CC1. The number of aromatic nitrogens is 3. The van der Waals surface area contributed by atoms with Crippen LogP contribution in [-0.2, 0) is 17.8 Å². The molecule has 0 radical (unpaired) electrons. The number of hydrogen-bond acceptors (Lipinski definition) is 4. The van der Waals surface area contributed by atoms with Gasteiger partial charge in [0, 0.05) is 26.3 Å². The molecule has 0 bridgehead atoms. The zero-order valence-electron chi connectivity index (χ0n) is 9.15. The third kappa shape index (κ3) is 3.28. The first-order chi connectivity index (χ1) is 7.40. The summed E-state index contributed by atoms with van der Waals surface area (Å²) in [7, 11) is 1.72. The maximum absolute atomic E-state index is 5.01. The van der Waals surface area contributed by atoms with Crippen molar-refractivity contribution in [3.63, 3.8) is 0 Å². The van der Waals surface area contributed by atoms with Crippen LogP contribution in [0.1, 0.15) is 25.1 Å². The van der Waals surface area contributed by atoms with Crippen LogP contribution >= 0.6 is 0 Å². The van der Waals surface area contributed by atoms with Crippen LogP contribution in [0.3, 0.4) is 0 Å². The summed E-state index contributed by atoms with van der Waals surface area (Å²) in [6.07, 6.45) is 5.21. The molecule has 2 rings (SSSR count). The van der Waals surface area contributed by atoms with Gasteiger partial charge in [-0.3, -0.25) is 0 Å². The van der Waals surface area contributed by atoms with Crippen LogP contribution in [-0.4, -0.2) is 34.5 Å². The summed E-state index contributed by atoms with van der Waals surface area (Å²) >= 11 is 0. The smallest absolute Gasteiger partial charge is 0.140 e. The van der Waals surface area contributed by atoms with Crippen LogP contribution in [0.5, 0.6) is 0 Å². The Morgan fingerprint density at radius 2 is 2.47 bits per heavy atom. The number of methoxy groups -OCH3 is 1. The topological polar surface area (TPSA) is 52.0 Å². The van der Waals surface area contributed by atoms with E-state index in [9.17, 15) is 0 Å². The fraction of sp³-hybridized carbons (Fsp3) is 0.800. The molecule has 1 aliphatic rings. The molecule has 0 aromatic carbocycles. The van der Waals surface area contributed by atoms with E-state index in [0.29, 0.717) is 6.04 Å². The van der Waals surface area contributed by atoms with E-state index in [1.807, 2.05) is 4.68 Å². The lowest BCUT2D eigenvalue weighted by Crippen LogP contribution is -2.19. The van der Waals surface area contributed by atoms with Crippen molar-refractivity contribution in [2.24, 2.45) is 0 Å². The first kappa shape index (κ1) is 10.6. The highest BCUT2D eigenvalue weighted by Crippen LogP contribution is 2.18. The average Bonchev–Trinajstić information content (AvgIpc) is 2.97.